The number of hydrogen-bond donors (Lipinski definition) is 1. The van der Waals surface area contributed by atoms with Gasteiger partial charge in [-0.15, -0.1) is 0 Å². The number of nitrogens with zero attached hydrogens (tertiary/aromatic N) is 1. The number of methoxy groups -OCH3 is 1. The van der Waals surface area contributed by atoms with E-state index in [1.165, 1.54) is 18.4 Å². The van der Waals surface area contributed by atoms with Crippen LogP contribution in [0.25, 0.3) is 0 Å². The second-order valence-electron chi connectivity index (χ2n) is 4.35. The first kappa shape index (κ1) is 12.3. The van der Waals surface area contributed by atoms with Crippen LogP contribution in [-0.4, -0.2) is 31.3 Å². The molecule has 94 valence electrons. The summed E-state index contributed by atoms with van der Waals surface area (Å²) in [5.74, 6) is 0.705. The molecule has 17 heavy (non-hydrogen) atoms. The lowest BCUT2D eigenvalue weighted by atomic mass is 10.2. The molecule has 4 heteroatoms. The summed E-state index contributed by atoms with van der Waals surface area (Å²) in [6, 6.07) is 4.76. The van der Waals surface area contributed by atoms with Gasteiger partial charge in [0, 0.05) is 45.0 Å². The van der Waals surface area contributed by atoms with E-state index in [1.54, 1.807) is 13.3 Å². The quantitative estimate of drug-likeness (QED) is 0.698. The Morgan fingerprint density at radius 2 is 2.29 bits per heavy atom. The molecule has 0 spiro atoms. The number of ether oxygens (including phenoxy) is 2. The highest BCUT2D eigenvalue weighted by Crippen LogP contribution is 2.19. The van der Waals surface area contributed by atoms with Crippen molar-refractivity contribution in [2.75, 3.05) is 20.3 Å². The lowest BCUT2D eigenvalue weighted by Gasteiger charge is -2.07. The van der Waals surface area contributed by atoms with Crippen LogP contribution in [-0.2, 0) is 11.3 Å². The third-order valence-corrected chi connectivity index (χ3v) is 2.71. The maximum absolute atomic E-state index is 5.55. The van der Waals surface area contributed by atoms with Gasteiger partial charge < -0.3 is 14.8 Å². The van der Waals surface area contributed by atoms with Gasteiger partial charge in [-0.25, -0.2) is 4.98 Å². The molecule has 1 saturated carbocycles. The van der Waals surface area contributed by atoms with E-state index in [-0.39, 0.29) is 0 Å². The van der Waals surface area contributed by atoms with Crippen LogP contribution in [0.4, 0.5) is 0 Å². The minimum absolute atomic E-state index is 0.653. The van der Waals surface area contributed by atoms with E-state index >= 15 is 0 Å². The Morgan fingerprint density at radius 3 is 3.06 bits per heavy atom. The molecule has 1 fully saturated rings. The average molecular weight is 236 g/mol. The molecular formula is C13H20N2O2. The van der Waals surface area contributed by atoms with Crippen molar-refractivity contribution in [3.05, 3.63) is 23.9 Å². The molecule has 1 aromatic rings. The number of rotatable bonds is 8. The summed E-state index contributed by atoms with van der Waals surface area (Å²) in [7, 11) is 1.70. The van der Waals surface area contributed by atoms with Crippen LogP contribution in [0.15, 0.2) is 18.3 Å². The zero-order valence-electron chi connectivity index (χ0n) is 10.3. The van der Waals surface area contributed by atoms with Crippen LogP contribution in [0, 0.1) is 0 Å². The summed E-state index contributed by atoms with van der Waals surface area (Å²) in [5, 5.41) is 3.47. The van der Waals surface area contributed by atoms with Gasteiger partial charge in [-0.05, 0) is 24.5 Å². The van der Waals surface area contributed by atoms with Gasteiger partial charge >= 0.3 is 0 Å². The highest BCUT2D eigenvalue weighted by atomic mass is 16.5. The average Bonchev–Trinajstić information content (AvgIpc) is 3.17. The van der Waals surface area contributed by atoms with Gasteiger partial charge in [-0.3, -0.25) is 0 Å². The zero-order valence-corrected chi connectivity index (χ0v) is 10.3. The third-order valence-electron chi connectivity index (χ3n) is 2.71. The van der Waals surface area contributed by atoms with Gasteiger partial charge in [-0.2, -0.15) is 0 Å². The fourth-order valence-corrected chi connectivity index (χ4v) is 1.57. The number of nitrogens with one attached hydrogen (secondary N) is 1. The number of aromatic nitrogens is 1. The molecule has 0 saturated heterocycles. The summed E-state index contributed by atoms with van der Waals surface area (Å²) in [6.07, 6.45) is 5.31. The Hall–Kier alpha value is -1.13. The van der Waals surface area contributed by atoms with Gasteiger partial charge in [0.05, 0.1) is 6.61 Å². The van der Waals surface area contributed by atoms with Crippen molar-refractivity contribution in [1.29, 1.82) is 0 Å². The maximum atomic E-state index is 5.55. The predicted octanol–water partition coefficient (Wildman–Crippen LogP) is 1.75. The molecule has 0 radical (unpaired) electrons. The normalized spacial score (nSPS) is 14.9. The minimum Gasteiger partial charge on any atom is -0.478 e. The van der Waals surface area contributed by atoms with Gasteiger partial charge in [0.15, 0.2) is 0 Å². The molecule has 0 atom stereocenters. The molecule has 1 aromatic heterocycles. The smallest absolute Gasteiger partial charge is 0.213 e. The van der Waals surface area contributed by atoms with Crippen molar-refractivity contribution in [2.24, 2.45) is 0 Å². The van der Waals surface area contributed by atoms with E-state index in [0.717, 1.165) is 25.6 Å². The fraction of sp³-hybridized carbons (Fsp3) is 0.615. The molecule has 2 rings (SSSR count). The predicted molar refractivity (Wildman–Crippen MR) is 66.1 cm³/mol. The van der Waals surface area contributed by atoms with Crippen molar-refractivity contribution in [3.8, 4) is 5.88 Å². The highest BCUT2D eigenvalue weighted by molar-refractivity contribution is 5.20. The van der Waals surface area contributed by atoms with Crippen LogP contribution >= 0.6 is 0 Å². The van der Waals surface area contributed by atoms with Crippen molar-refractivity contribution in [1.82, 2.24) is 10.3 Å². The van der Waals surface area contributed by atoms with Crippen LogP contribution in [0.2, 0.25) is 0 Å². The lowest BCUT2D eigenvalue weighted by molar-refractivity contribution is 0.170. The van der Waals surface area contributed by atoms with Crippen LogP contribution in [0.1, 0.15) is 24.8 Å². The van der Waals surface area contributed by atoms with Crippen molar-refractivity contribution >= 4 is 0 Å². The lowest BCUT2D eigenvalue weighted by Crippen LogP contribution is -2.15. The Bertz CT molecular complexity index is 340. The van der Waals surface area contributed by atoms with E-state index in [9.17, 15) is 0 Å². The van der Waals surface area contributed by atoms with Crippen molar-refractivity contribution < 1.29 is 9.47 Å². The van der Waals surface area contributed by atoms with Gasteiger partial charge in [0.25, 0.3) is 0 Å². The molecule has 0 bridgehead atoms. The van der Waals surface area contributed by atoms with Gasteiger partial charge in [0.2, 0.25) is 5.88 Å². The summed E-state index contributed by atoms with van der Waals surface area (Å²) < 4.78 is 10.5. The van der Waals surface area contributed by atoms with E-state index in [2.05, 4.69) is 10.3 Å². The van der Waals surface area contributed by atoms with E-state index in [1.807, 2.05) is 12.1 Å². The molecule has 4 nitrogen and oxygen atoms in total. The summed E-state index contributed by atoms with van der Waals surface area (Å²) in [6.45, 7) is 2.28. The summed E-state index contributed by atoms with van der Waals surface area (Å²) in [5.41, 5.74) is 1.23. The SMILES string of the molecule is COCCCOc1cc(CNC2CC2)ccn1. The molecular weight excluding hydrogens is 216 g/mol. The fourth-order valence-electron chi connectivity index (χ4n) is 1.57. The van der Waals surface area contributed by atoms with Gasteiger partial charge in [0.1, 0.15) is 0 Å². The first-order valence-electron chi connectivity index (χ1n) is 6.18. The Balaban J connectivity index is 1.74. The molecule has 0 aromatic carbocycles. The number of hydrogen-bond acceptors (Lipinski definition) is 4. The maximum Gasteiger partial charge on any atom is 0.213 e. The van der Waals surface area contributed by atoms with E-state index < -0.39 is 0 Å². The topological polar surface area (TPSA) is 43.4 Å². The standard InChI is InChI=1S/C13H20N2O2/c1-16-7-2-8-17-13-9-11(5-6-14-13)10-15-12-3-4-12/h5-6,9,12,15H,2-4,7-8,10H2,1H3. The molecule has 1 heterocycles. The Labute approximate surface area is 102 Å². The second-order valence-corrected chi connectivity index (χ2v) is 4.35. The molecule has 0 aliphatic heterocycles. The molecule has 1 aliphatic carbocycles. The molecule has 0 amide bonds. The zero-order chi connectivity index (χ0) is 11.9. The Morgan fingerprint density at radius 1 is 1.41 bits per heavy atom. The van der Waals surface area contributed by atoms with Crippen LogP contribution in [0.3, 0.4) is 0 Å². The van der Waals surface area contributed by atoms with Crippen molar-refractivity contribution in [2.45, 2.75) is 31.8 Å². The van der Waals surface area contributed by atoms with Crippen LogP contribution in [0.5, 0.6) is 5.88 Å². The van der Waals surface area contributed by atoms with E-state index in [0.29, 0.717) is 12.5 Å². The molecule has 1 aliphatic rings. The largest absolute Gasteiger partial charge is 0.478 e. The summed E-state index contributed by atoms with van der Waals surface area (Å²) in [4.78, 5) is 4.19. The molecule has 1 N–H and O–H groups in total. The van der Waals surface area contributed by atoms with Crippen LogP contribution < -0.4 is 10.1 Å². The van der Waals surface area contributed by atoms with Gasteiger partial charge in [-0.1, -0.05) is 0 Å². The number of pyridine rings is 1. The monoisotopic (exact) mass is 236 g/mol. The highest BCUT2D eigenvalue weighted by Gasteiger charge is 2.19. The Kier molecular flexibility index (Phi) is 4.76. The van der Waals surface area contributed by atoms with E-state index in [4.69, 9.17) is 9.47 Å². The molecule has 0 unspecified atom stereocenters. The minimum atomic E-state index is 0.653. The second kappa shape index (κ2) is 6.57. The third kappa shape index (κ3) is 4.71. The first-order valence-corrected chi connectivity index (χ1v) is 6.18. The van der Waals surface area contributed by atoms with Crippen molar-refractivity contribution in [3.63, 3.8) is 0 Å². The first-order chi connectivity index (χ1) is 8.38. The summed E-state index contributed by atoms with van der Waals surface area (Å²) >= 11 is 0.